The third-order valence-electron chi connectivity index (χ3n) is 1.42. The molecule has 0 saturated heterocycles. The molecule has 0 aliphatic carbocycles. The van der Waals surface area contributed by atoms with Gasteiger partial charge in [-0.25, -0.2) is 9.97 Å². The van der Waals surface area contributed by atoms with E-state index >= 15 is 0 Å². The van der Waals surface area contributed by atoms with Crippen molar-refractivity contribution in [1.29, 1.82) is 0 Å². The Kier molecular flexibility index (Phi) is 1.18. The molecule has 11 heavy (non-hydrogen) atoms. The maximum atomic E-state index is 11.1. The predicted octanol–water partition coefficient (Wildman–Crippen LogP) is 0.318. The van der Waals surface area contributed by atoms with E-state index in [0.29, 0.717) is 11.0 Å². The number of nitrogens with zero attached hydrogens (tertiary/aromatic N) is 2. The number of rotatable bonds is 0. The maximum Gasteiger partial charge on any atom is 0.207 e. The molecule has 0 amide bonds. The van der Waals surface area contributed by atoms with Crippen molar-refractivity contribution in [1.82, 2.24) is 15.0 Å². The van der Waals surface area contributed by atoms with E-state index < -0.39 is 0 Å². The van der Waals surface area contributed by atoms with Crippen LogP contribution in [0.1, 0.15) is 0 Å². The van der Waals surface area contributed by atoms with E-state index in [2.05, 4.69) is 15.0 Å². The number of hydrogen-bond acceptors (Lipinski definition) is 3. The molecule has 4 heteroatoms. The summed E-state index contributed by atoms with van der Waals surface area (Å²) in [6.07, 6.45) is 4.51. The highest BCUT2D eigenvalue weighted by Crippen LogP contribution is 1.96. The largest absolute Gasteiger partial charge is 0.358 e. The fraction of sp³-hybridized carbons (Fsp3) is 0. The average Bonchev–Trinajstić information content (AvgIpc) is 2.06. The van der Waals surface area contributed by atoms with Crippen LogP contribution in [0.5, 0.6) is 0 Å². The van der Waals surface area contributed by atoms with Gasteiger partial charge in [0.15, 0.2) is 0 Å². The second-order valence-corrected chi connectivity index (χ2v) is 2.13. The van der Waals surface area contributed by atoms with Crippen molar-refractivity contribution in [3.63, 3.8) is 0 Å². The molecule has 0 aliphatic rings. The number of aromatic nitrogens is 3. The average molecular weight is 147 g/mol. The zero-order chi connectivity index (χ0) is 7.68. The summed E-state index contributed by atoms with van der Waals surface area (Å²) in [5, 5.41) is 0. The van der Waals surface area contributed by atoms with Crippen LogP contribution in [0.2, 0.25) is 0 Å². The topological polar surface area (TPSA) is 58.6 Å². The van der Waals surface area contributed by atoms with Gasteiger partial charge in [-0.2, -0.15) is 0 Å². The molecular formula is C7H5N3O. The van der Waals surface area contributed by atoms with Crippen LogP contribution in [-0.2, 0) is 0 Å². The summed E-state index contributed by atoms with van der Waals surface area (Å²) >= 11 is 0. The first-order chi connectivity index (χ1) is 5.38. The molecule has 0 bridgehead atoms. The molecular weight excluding hydrogens is 142 g/mol. The standard InChI is InChI=1S/C7H5N3O/c11-6-1-2-9-5-3-8-4-10-7(5)6/h1-4H,(H,9,11). The lowest BCUT2D eigenvalue weighted by molar-refractivity contribution is 1.19. The fourth-order valence-electron chi connectivity index (χ4n) is 0.918. The van der Waals surface area contributed by atoms with Gasteiger partial charge < -0.3 is 4.98 Å². The highest BCUT2D eigenvalue weighted by Gasteiger charge is 1.95. The molecule has 54 valence electrons. The van der Waals surface area contributed by atoms with Crippen molar-refractivity contribution < 1.29 is 0 Å². The summed E-state index contributed by atoms with van der Waals surface area (Å²) in [7, 11) is 0. The van der Waals surface area contributed by atoms with E-state index in [0.717, 1.165) is 0 Å². The molecule has 0 fully saturated rings. The molecule has 0 spiro atoms. The first kappa shape index (κ1) is 6.03. The molecule has 2 aromatic heterocycles. The van der Waals surface area contributed by atoms with Crippen molar-refractivity contribution in [3.8, 4) is 0 Å². The van der Waals surface area contributed by atoms with Crippen LogP contribution in [0.15, 0.2) is 29.6 Å². The molecule has 0 radical (unpaired) electrons. The lowest BCUT2D eigenvalue weighted by Crippen LogP contribution is -2.02. The van der Waals surface area contributed by atoms with Gasteiger partial charge in [0.05, 0.1) is 11.7 Å². The first-order valence-corrected chi connectivity index (χ1v) is 3.15. The summed E-state index contributed by atoms with van der Waals surface area (Å²) in [5.41, 5.74) is 1.02. The summed E-state index contributed by atoms with van der Waals surface area (Å²) in [6.45, 7) is 0. The second kappa shape index (κ2) is 2.16. The van der Waals surface area contributed by atoms with Gasteiger partial charge in [-0.1, -0.05) is 0 Å². The number of aromatic amines is 1. The minimum atomic E-state index is -0.0823. The summed E-state index contributed by atoms with van der Waals surface area (Å²) in [4.78, 5) is 21.5. The fourth-order valence-corrected chi connectivity index (χ4v) is 0.918. The number of nitrogens with one attached hydrogen (secondary N) is 1. The molecule has 1 N–H and O–H groups in total. The summed E-state index contributed by atoms with van der Waals surface area (Å²) in [6, 6.07) is 1.44. The number of fused-ring (bicyclic) bond motifs is 1. The van der Waals surface area contributed by atoms with Crippen LogP contribution in [0, 0.1) is 0 Å². The molecule has 0 saturated carbocycles. The number of hydrogen-bond donors (Lipinski definition) is 1. The van der Waals surface area contributed by atoms with E-state index in [9.17, 15) is 4.79 Å². The van der Waals surface area contributed by atoms with Crippen LogP contribution in [0.25, 0.3) is 11.0 Å². The Morgan fingerprint density at radius 1 is 1.45 bits per heavy atom. The van der Waals surface area contributed by atoms with Crippen LogP contribution >= 0.6 is 0 Å². The third kappa shape index (κ3) is 0.881. The van der Waals surface area contributed by atoms with Gasteiger partial charge >= 0.3 is 0 Å². The highest BCUT2D eigenvalue weighted by atomic mass is 16.1. The molecule has 0 aliphatic heterocycles. The zero-order valence-electron chi connectivity index (χ0n) is 5.61. The maximum absolute atomic E-state index is 11.1. The quantitative estimate of drug-likeness (QED) is 0.583. The Bertz CT molecular complexity index is 429. The van der Waals surface area contributed by atoms with E-state index in [1.54, 1.807) is 12.4 Å². The Morgan fingerprint density at radius 3 is 3.18 bits per heavy atom. The van der Waals surface area contributed by atoms with Gasteiger partial charge in [0.1, 0.15) is 11.8 Å². The lowest BCUT2D eigenvalue weighted by Gasteiger charge is -1.91. The molecule has 4 nitrogen and oxygen atoms in total. The van der Waals surface area contributed by atoms with Gasteiger partial charge in [0, 0.05) is 12.3 Å². The van der Waals surface area contributed by atoms with Crippen molar-refractivity contribution >= 4 is 11.0 Å². The van der Waals surface area contributed by atoms with Crippen molar-refractivity contribution in [3.05, 3.63) is 35.0 Å². The van der Waals surface area contributed by atoms with Crippen LogP contribution in [0.4, 0.5) is 0 Å². The lowest BCUT2D eigenvalue weighted by atomic mass is 10.4. The Labute approximate surface area is 61.9 Å². The minimum absolute atomic E-state index is 0.0823. The highest BCUT2D eigenvalue weighted by molar-refractivity contribution is 5.71. The van der Waals surface area contributed by atoms with Crippen molar-refractivity contribution in [2.45, 2.75) is 0 Å². The second-order valence-electron chi connectivity index (χ2n) is 2.13. The van der Waals surface area contributed by atoms with Crippen molar-refractivity contribution in [2.24, 2.45) is 0 Å². The van der Waals surface area contributed by atoms with Crippen LogP contribution < -0.4 is 5.43 Å². The SMILES string of the molecule is O=c1cc[nH]c2cncnc12. The van der Waals surface area contributed by atoms with Crippen molar-refractivity contribution in [2.75, 3.05) is 0 Å². The number of H-pyrrole nitrogens is 1. The molecule has 2 rings (SSSR count). The van der Waals surface area contributed by atoms with E-state index in [1.807, 2.05) is 0 Å². The van der Waals surface area contributed by atoms with E-state index in [4.69, 9.17) is 0 Å². The Balaban J connectivity index is 3.03. The molecule has 2 heterocycles. The monoisotopic (exact) mass is 147 g/mol. The number of pyridine rings is 1. The van der Waals surface area contributed by atoms with Gasteiger partial charge in [-0.05, 0) is 0 Å². The van der Waals surface area contributed by atoms with Gasteiger partial charge in [0.25, 0.3) is 0 Å². The zero-order valence-corrected chi connectivity index (χ0v) is 5.61. The molecule has 0 atom stereocenters. The van der Waals surface area contributed by atoms with E-state index in [1.165, 1.54) is 12.4 Å². The van der Waals surface area contributed by atoms with Gasteiger partial charge in [0.2, 0.25) is 5.43 Å². The summed E-state index contributed by atoms with van der Waals surface area (Å²) in [5.74, 6) is 0. The van der Waals surface area contributed by atoms with Gasteiger partial charge in [-0.3, -0.25) is 4.79 Å². The smallest absolute Gasteiger partial charge is 0.207 e. The summed E-state index contributed by atoms with van der Waals surface area (Å²) < 4.78 is 0. The van der Waals surface area contributed by atoms with E-state index in [-0.39, 0.29) is 5.43 Å². The Hall–Kier alpha value is -1.71. The van der Waals surface area contributed by atoms with Crippen LogP contribution in [0.3, 0.4) is 0 Å². The minimum Gasteiger partial charge on any atom is -0.358 e. The van der Waals surface area contributed by atoms with Crippen LogP contribution in [-0.4, -0.2) is 15.0 Å². The molecule has 0 unspecified atom stereocenters. The normalized spacial score (nSPS) is 10.2. The molecule has 2 aromatic rings. The predicted molar refractivity (Wildman–Crippen MR) is 40.2 cm³/mol. The Morgan fingerprint density at radius 2 is 2.36 bits per heavy atom. The molecule has 0 aromatic carbocycles. The van der Waals surface area contributed by atoms with Gasteiger partial charge in [-0.15, -0.1) is 0 Å². The third-order valence-corrected chi connectivity index (χ3v) is 1.42. The first-order valence-electron chi connectivity index (χ1n) is 3.15.